The lowest BCUT2D eigenvalue weighted by Crippen LogP contribution is -2.39. The van der Waals surface area contributed by atoms with E-state index in [1.165, 1.54) is 19.3 Å². The number of carbonyl (C=O) groups is 1. The molecule has 0 unspecified atom stereocenters. The fourth-order valence-corrected chi connectivity index (χ4v) is 2.45. The average molecular weight is 265 g/mol. The van der Waals surface area contributed by atoms with Crippen molar-refractivity contribution in [2.75, 3.05) is 13.1 Å². The Labute approximate surface area is 114 Å². The lowest BCUT2D eigenvalue weighted by molar-refractivity contribution is 0.202. The van der Waals surface area contributed by atoms with Crippen LogP contribution in [0.1, 0.15) is 44.8 Å². The molecule has 2 amide bonds. The number of nitrogens with zero attached hydrogens (tertiary/aromatic N) is 4. The maximum atomic E-state index is 11.9. The summed E-state index contributed by atoms with van der Waals surface area (Å²) in [5.74, 6) is 1.93. The van der Waals surface area contributed by atoms with E-state index in [0.717, 1.165) is 37.7 Å². The molecule has 106 valence electrons. The summed E-state index contributed by atoms with van der Waals surface area (Å²) < 4.78 is 2.16. The molecule has 1 aromatic rings. The molecule has 0 atom stereocenters. The zero-order valence-corrected chi connectivity index (χ0v) is 11.9. The fraction of sp³-hybridized carbons (Fsp3) is 0.769. The monoisotopic (exact) mass is 265 g/mol. The van der Waals surface area contributed by atoms with E-state index in [1.54, 1.807) is 4.90 Å². The highest BCUT2D eigenvalue weighted by Gasteiger charge is 2.16. The van der Waals surface area contributed by atoms with Crippen molar-refractivity contribution in [3.05, 3.63) is 11.6 Å². The molecule has 19 heavy (non-hydrogen) atoms. The van der Waals surface area contributed by atoms with Crippen LogP contribution in [-0.2, 0) is 19.5 Å². The van der Waals surface area contributed by atoms with Crippen molar-refractivity contribution in [2.45, 2.75) is 52.6 Å². The molecule has 0 aliphatic carbocycles. The number of aromatic nitrogens is 3. The summed E-state index contributed by atoms with van der Waals surface area (Å²) >= 11 is 0. The van der Waals surface area contributed by atoms with Crippen molar-refractivity contribution in [3.63, 3.8) is 0 Å². The van der Waals surface area contributed by atoms with Gasteiger partial charge >= 0.3 is 6.03 Å². The van der Waals surface area contributed by atoms with Crippen LogP contribution in [-0.4, -0.2) is 38.8 Å². The van der Waals surface area contributed by atoms with Crippen LogP contribution in [0.2, 0.25) is 0 Å². The average Bonchev–Trinajstić information content (AvgIpc) is 2.65. The van der Waals surface area contributed by atoms with E-state index in [-0.39, 0.29) is 6.03 Å². The smallest absolute Gasteiger partial charge is 0.317 e. The van der Waals surface area contributed by atoms with Gasteiger partial charge in [0.05, 0.1) is 6.54 Å². The minimum absolute atomic E-state index is 0.0315. The third kappa shape index (κ3) is 3.24. The van der Waals surface area contributed by atoms with E-state index in [9.17, 15) is 4.79 Å². The highest BCUT2D eigenvalue weighted by Crippen LogP contribution is 2.14. The first-order valence-corrected chi connectivity index (χ1v) is 7.20. The van der Waals surface area contributed by atoms with Gasteiger partial charge in [-0.3, -0.25) is 0 Å². The summed E-state index contributed by atoms with van der Waals surface area (Å²) in [5.41, 5.74) is 0. The fourth-order valence-electron chi connectivity index (χ4n) is 2.45. The predicted octanol–water partition coefficient (Wildman–Crippen LogP) is 1.56. The van der Waals surface area contributed by atoms with Crippen LogP contribution in [0.15, 0.2) is 0 Å². The zero-order valence-electron chi connectivity index (χ0n) is 11.9. The third-order valence-electron chi connectivity index (χ3n) is 3.63. The molecular weight excluding hydrogens is 242 g/mol. The van der Waals surface area contributed by atoms with E-state index >= 15 is 0 Å². The van der Waals surface area contributed by atoms with Crippen molar-refractivity contribution < 1.29 is 4.79 Å². The number of rotatable bonds is 4. The second-order valence-electron chi connectivity index (χ2n) is 4.83. The molecule has 0 spiro atoms. The Balaban J connectivity index is 1.96. The molecule has 1 aromatic heterocycles. The Hall–Kier alpha value is -1.59. The van der Waals surface area contributed by atoms with Gasteiger partial charge < -0.3 is 14.8 Å². The molecule has 0 fully saturated rings. The number of hydrogen-bond acceptors (Lipinski definition) is 3. The molecule has 2 rings (SSSR count). The molecule has 1 N–H and O–H groups in total. The van der Waals surface area contributed by atoms with E-state index in [2.05, 4.69) is 20.1 Å². The van der Waals surface area contributed by atoms with Gasteiger partial charge in [-0.2, -0.15) is 0 Å². The van der Waals surface area contributed by atoms with Gasteiger partial charge in [-0.1, -0.05) is 6.42 Å². The topological polar surface area (TPSA) is 63.1 Å². The molecule has 6 nitrogen and oxygen atoms in total. The van der Waals surface area contributed by atoms with Crippen LogP contribution in [0.3, 0.4) is 0 Å². The summed E-state index contributed by atoms with van der Waals surface area (Å²) in [6.07, 6.45) is 4.59. The number of hydrogen-bond donors (Lipinski definition) is 1. The number of urea groups is 1. The molecule has 0 bridgehead atoms. The summed E-state index contributed by atoms with van der Waals surface area (Å²) in [6.45, 7) is 6.83. The van der Waals surface area contributed by atoms with Crippen molar-refractivity contribution >= 4 is 6.03 Å². The van der Waals surface area contributed by atoms with Crippen LogP contribution in [0.4, 0.5) is 4.79 Å². The summed E-state index contributed by atoms with van der Waals surface area (Å²) in [6, 6.07) is -0.0315. The van der Waals surface area contributed by atoms with Crippen LogP contribution in [0.5, 0.6) is 0 Å². The molecule has 2 heterocycles. The van der Waals surface area contributed by atoms with E-state index in [1.807, 2.05) is 13.8 Å². The number of carbonyl (C=O) groups excluding carboxylic acids is 1. The standard InChI is InChI=1S/C13H23N5O/c1-3-17(4-2)13(19)14-10-12-16-15-11-8-6-5-7-9-18(11)12/h3-10H2,1-2H3,(H,14,19). The summed E-state index contributed by atoms with van der Waals surface area (Å²) in [5, 5.41) is 11.4. The van der Waals surface area contributed by atoms with Gasteiger partial charge in [0.2, 0.25) is 0 Å². The Bertz CT molecular complexity index is 425. The third-order valence-corrected chi connectivity index (χ3v) is 3.63. The van der Waals surface area contributed by atoms with E-state index in [4.69, 9.17) is 0 Å². The molecule has 0 aromatic carbocycles. The largest absolute Gasteiger partial charge is 0.331 e. The van der Waals surface area contributed by atoms with Crippen molar-refractivity contribution in [2.24, 2.45) is 0 Å². The molecule has 6 heteroatoms. The first kappa shape index (κ1) is 13.8. The Morgan fingerprint density at radius 3 is 2.79 bits per heavy atom. The predicted molar refractivity (Wildman–Crippen MR) is 72.7 cm³/mol. The van der Waals surface area contributed by atoms with Crippen molar-refractivity contribution in [1.29, 1.82) is 0 Å². The lowest BCUT2D eigenvalue weighted by atomic mass is 10.2. The zero-order chi connectivity index (χ0) is 13.7. The highest BCUT2D eigenvalue weighted by molar-refractivity contribution is 5.73. The SMILES string of the molecule is CCN(CC)C(=O)NCc1nnc2n1CCCCC2. The number of aryl methyl sites for hydroxylation is 1. The Kier molecular flexibility index (Phi) is 4.76. The molecule has 0 radical (unpaired) electrons. The van der Waals surface area contributed by atoms with Crippen LogP contribution in [0.25, 0.3) is 0 Å². The summed E-state index contributed by atoms with van der Waals surface area (Å²) in [4.78, 5) is 13.7. The van der Waals surface area contributed by atoms with Gasteiger partial charge in [-0.05, 0) is 26.7 Å². The molecular formula is C13H23N5O. The highest BCUT2D eigenvalue weighted by atomic mass is 16.2. The number of fused-ring (bicyclic) bond motifs is 1. The van der Waals surface area contributed by atoms with Gasteiger partial charge in [0, 0.05) is 26.1 Å². The second kappa shape index (κ2) is 6.54. The lowest BCUT2D eigenvalue weighted by Gasteiger charge is -2.19. The van der Waals surface area contributed by atoms with Crippen LogP contribution < -0.4 is 5.32 Å². The molecule has 1 aliphatic rings. The molecule has 0 saturated heterocycles. The van der Waals surface area contributed by atoms with Gasteiger partial charge in [-0.15, -0.1) is 10.2 Å². The number of amides is 2. The quantitative estimate of drug-likeness (QED) is 0.898. The van der Waals surface area contributed by atoms with Crippen LogP contribution in [0, 0.1) is 0 Å². The van der Waals surface area contributed by atoms with E-state index < -0.39 is 0 Å². The van der Waals surface area contributed by atoms with Gasteiger partial charge in [-0.25, -0.2) is 4.79 Å². The van der Waals surface area contributed by atoms with Gasteiger partial charge in [0.1, 0.15) is 5.82 Å². The minimum Gasteiger partial charge on any atom is -0.331 e. The van der Waals surface area contributed by atoms with Gasteiger partial charge in [0.25, 0.3) is 0 Å². The number of nitrogens with one attached hydrogen (secondary N) is 1. The molecule has 0 saturated carbocycles. The minimum atomic E-state index is -0.0315. The first-order valence-electron chi connectivity index (χ1n) is 7.20. The summed E-state index contributed by atoms with van der Waals surface area (Å²) in [7, 11) is 0. The Morgan fingerprint density at radius 1 is 1.26 bits per heavy atom. The van der Waals surface area contributed by atoms with Gasteiger partial charge in [0.15, 0.2) is 5.82 Å². The van der Waals surface area contributed by atoms with Crippen molar-refractivity contribution in [1.82, 2.24) is 25.0 Å². The normalized spacial score (nSPS) is 14.6. The maximum Gasteiger partial charge on any atom is 0.317 e. The second-order valence-corrected chi connectivity index (χ2v) is 4.83. The van der Waals surface area contributed by atoms with Crippen molar-refractivity contribution in [3.8, 4) is 0 Å². The Morgan fingerprint density at radius 2 is 2.05 bits per heavy atom. The maximum absolute atomic E-state index is 11.9. The van der Waals surface area contributed by atoms with E-state index in [0.29, 0.717) is 6.54 Å². The van der Waals surface area contributed by atoms with Crippen LogP contribution >= 0.6 is 0 Å². The molecule has 1 aliphatic heterocycles. The first-order chi connectivity index (χ1) is 9.26.